The molecule has 1 fully saturated rings. The second-order valence-corrected chi connectivity index (χ2v) is 9.98. The molecule has 2 aromatic heterocycles. The third kappa shape index (κ3) is 4.07. The molecule has 10 heteroatoms. The maximum Gasteiger partial charge on any atom is 0.252 e. The molecule has 1 aliphatic heterocycles. The van der Waals surface area contributed by atoms with Crippen LogP contribution in [0, 0.1) is 0 Å². The van der Waals surface area contributed by atoms with Crippen molar-refractivity contribution in [2.75, 3.05) is 26.8 Å². The molecule has 3 heterocycles. The van der Waals surface area contributed by atoms with Gasteiger partial charge in [0.25, 0.3) is 10.0 Å². The summed E-state index contributed by atoms with van der Waals surface area (Å²) in [6.07, 6.45) is 1.28. The Morgan fingerprint density at radius 2 is 2.03 bits per heavy atom. The summed E-state index contributed by atoms with van der Waals surface area (Å²) in [5, 5.41) is 5.88. The molecule has 0 aliphatic carbocycles. The standard InChI is InChI=1S/C20H23N3O5S2/c1-3-27-16-7-6-15(13-17(16)26-2)19-21-20(28-22-19)14-8-10-23(11-9-14)30(24,25)18-5-4-12-29-18/h4-7,12-14H,3,8-11H2,1-2H3. The minimum atomic E-state index is -3.42. The minimum absolute atomic E-state index is 0.0330. The van der Waals surface area contributed by atoms with Crippen LogP contribution in [0.25, 0.3) is 11.4 Å². The van der Waals surface area contributed by atoms with Crippen LogP contribution in [0.5, 0.6) is 11.5 Å². The van der Waals surface area contributed by atoms with Gasteiger partial charge in [-0.25, -0.2) is 8.42 Å². The minimum Gasteiger partial charge on any atom is -0.493 e. The Labute approximate surface area is 179 Å². The van der Waals surface area contributed by atoms with E-state index >= 15 is 0 Å². The first-order valence-corrected chi connectivity index (χ1v) is 12.0. The van der Waals surface area contributed by atoms with Crippen LogP contribution < -0.4 is 9.47 Å². The zero-order valence-corrected chi connectivity index (χ0v) is 18.4. The van der Waals surface area contributed by atoms with Gasteiger partial charge in [0.2, 0.25) is 11.7 Å². The van der Waals surface area contributed by atoms with Crippen LogP contribution in [0.3, 0.4) is 0 Å². The second kappa shape index (κ2) is 8.75. The van der Waals surface area contributed by atoms with Gasteiger partial charge in [-0.15, -0.1) is 11.3 Å². The lowest BCUT2D eigenvalue weighted by molar-refractivity contribution is 0.271. The number of rotatable bonds is 7. The van der Waals surface area contributed by atoms with Gasteiger partial charge in [0.15, 0.2) is 11.5 Å². The first-order chi connectivity index (χ1) is 14.5. The summed E-state index contributed by atoms with van der Waals surface area (Å²) in [5.41, 5.74) is 0.767. The molecule has 4 rings (SSSR count). The molecule has 1 aromatic carbocycles. The summed E-state index contributed by atoms with van der Waals surface area (Å²) in [6, 6.07) is 8.89. The topological polar surface area (TPSA) is 94.8 Å². The predicted octanol–water partition coefficient (Wildman–Crippen LogP) is 3.77. The Morgan fingerprint density at radius 3 is 2.70 bits per heavy atom. The van der Waals surface area contributed by atoms with Crippen molar-refractivity contribution in [2.24, 2.45) is 0 Å². The van der Waals surface area contributed by atoms with Gasteiger partial charge in [0.1, 0.15) is 4.21 Å². The summed E-state index contributed by atoms with van der Waals surface area (Å²) in [7, 11) is -1.83. The molecule has 1 aliphatic rings. The predicted molar refractivity (Wildman–Crippen MR) is 113 cm³/mol. The molecule has 1 saturated heterocycles. The van der Waals surface area contributed by atoms with E-state index in [4.69, 9.17) is 14.0 Å². The van der Waals surface area contributed by atoms with Gasteiger partial charge >= 0.3 is 0 Å². The molecule has 0 spiro atoms. The molecule has 0 bridgehead atoms. The number of methoxy groups -OCH3 is 1. The summed E-state index contributed by atoms with van der Waals surface area (Å²) in [5.74, 6) is 2.30. The van der Waals surface area contributed by atoms with Crippen LogP contribution in [0.2, 0.25) is 0 Å². The summed E-state index contributed by atoms with van der Waals surface area (Å²) in [6.45, 7) is 3.32. The first-order valence-electron chi connectivity index (χ1n) is 9.71. The van der Waals surface area contributed by atoms with Crippen molar-refractivity contribution in [1.82, 2.24) is 14.4 Å². The van der Waals surface area contributed by atoms with E-state index in [0.29, 0.717) is 60.0 Å². The second-order valence-electron chi connectivity index (χ2n) is 6.87. The summed E-state index contributed by atoms with van der Waals surface area (Å²) < 4.78 is 43.7. The summed E-state index contributed by atoms with van der Waals surface area (Å²) >= 11 is 1.24. The van der Waals surface area contributed by atoms with Crippen molar-refractivity contribution < 1.29 is 22.4 Å². The van der Waals surface area contributed by atoms with Gasteiger partial charge in [0.05, 0.1) is 13.7 Å². The van der Waals surface area contributed by atoms with Gasteiger partial charge in [-0.1, -0.05) is 11.2 Å². The van der Waals surface area contributed by atoms with Crippen molar-refractivity contribution in [3.63, 3.8) is 0 Å². The average molecular weight is 450 g/mol. The molecule has 0 amide bonds. The number of hydrogen-bond acceptors (Lipinski definition) is 8. The van der Waals surface area contributed by atoms with E-state index in [0.717, 1.165) is 5.56 Å². The van der Waals surface area contributed by atoms with Crippen molar-refractivity contribution in [3.8, 4) is 22.9 Å². The highest BCUT2D eigenvalue weighted by Crippen LogP contribution is 2.34. The summed E-state index contributed by atoms with van der Waals surface area (Å²) in [4.78, 5) is 4.55. The number of piperidine rings is 1. The van der Waals surface area contributed by atoms with Gasteiger partial charge < -0.3 is 14.0 Å². The smallest absolute Gasteiger partial charge is 0.252 e. The number of sulfonamides is 1. The number of hydrogen-bond donors (Lipinski definition) is 0. The molecule has 30 heavy (non-hydrogen) atoms. The fourth-order valence-electron chi connectivity index (χ4n) is 3.48. The molecule has 160 valence electrons. The zero-order valence-electron chi connectivity index (χ0n) is 16.8. The Morgan fingerprint density at radius 1 is 1.23 bits per heavy atom. The number of nitrogens with zero attached hydrogens (tertiary/aromatic N) is 3. The Hall–Kier alpha value is -2.43. The lowest BCUT2D eigenvalue weighted by Crippen LogP contribution is -2.37. The van der Waals surface area contributed by atoms with Crippen LogP contribution in [-0.4, -0.2) is 49.7 Å². The first kappa shape index (κ1) is 20.8. The average Bonchev–Trinajstić information content (AvgIpc) is 3.47. The Kier molecular flexibility index (Phi) is 6.07. The third-order valence-electron chi connectivity index (χ3n) is 5.06. The molecular weight excluding hydrogens is 426 g/mol. The molecular formula is C20H23N3O5S2. The van der Waals surface area contributed by atoms with Crippen molar-refractivity contribution in [1.29, 1.82) is 0 Å². The Balaban J connectivity index is 1.45. The molecule has 0 radical (unpaired) electrons. The molecule has 0 N–H and O–H groups in total. The van der Waals surface area contributed by atoms with Crippen molar-refractivity contribution >= 4 is 21.4 Å². The molecule has 8 nitrogen and oxygen atoms in total. The van der Waals surface area contributed by atoms with E-state index in [2.05, 4.69) is 10.1 Å². The third-order valence-corrected chi connectivity index (χ3v) is 8.33. The van der Waals surface area contributed by atoms with Gasteiger partial charge in [0, 0.05) is 24.6 Å². The number of aromatic nitrogens is 2. The van der Waals surface area contributed by atoms with Crippen LogP contribution in [0.15, 0.2) is 44.4 Å². The highest BCUT2D eigenvalue weighted by molar-refractivity contribution is 7.91. The maximum atomic E-state index is 12.7. The fourth-order valence-corrected chi connectivity index (χ4v) is 6.09. The number of benzene rings is 1. The number of thiophene rings is 1. The van der Waals surface area contributed by atoms with Crippen LogP contribution in [-0.2, 0) is 10.0 Å². The van der Waals surface area contributed by atoms with E-state index in [1.807, 2.05) is 25.1 Å². The van der Waals surface area contributed by atoms with E-state index < -0.39 is 10.0 Å². The zero-order chi connectivity index (χ0) is 21.1. The van der Waals surface area contributed by atoms with Crippen LogP contribution in [0.1, 0.15) is 31.6 Å². The van der Waals surface area contributed by atoms with E-state index in [1.54, 1.807) is 24.6 Å². The highest BCUT2D eigenvalue weighted by Gasteiger charge is 2.32. The molecule has 0 saturated carbocycles. The van der Waals surface area contributed by atoms with E-state index in [1.165, 1.54) is 15.6 Å². The van der Waals surface area contributed by atoms with Crippen LogP contribution >= 0.6 is 11.3 Å². The van der Waals surface area contributed by atoms with Crippen molar-refractivity contribution in [2.45, 2.75) is 29.9 Å². The molecule has 0 unspecified atom stereocenters. The maximum absolute atomic E-state index is 12.7. The lowest BCUT2D eigenvalue weighted by Gasteiger charge is -2.29. The lowest BCUT2D eigenvalue weighted by atomic mass is 9.98. The van der Waals surface area contributed by atoms with Gasteiger partial charge in [-0.3, -0.25) is 0 Å². The monoisotopic (exact) mass is 449 g/mol. The largest absolute Gasteiger partial charge is 0.493 e. The highest BCUT2D eigenvalue weighted by atomic mass is 32.2. The number of ether oxygens (including phenoxy) is 2. The normalized spacial score (nSPS) is 15.9. The van der Waals surface area contributed by atoms with E-state index in [-0.39, 0.29) is 5.92 Å². The Bertz CT molecular complexity index is 1090. The van der Waals surface area contributed by atoms with E-state index in [9.17, 15) is 8.42 Å². The fraction of sp³-hybridized carbons (Fsp3) is 0.400. The molecule has 3 aromatic rings. The molecule has 0 atom stereocenters. The SMILES string of the molecule is CCOc1ccc(-c2noc(C3CCN(S(=O)(=O)c4cccs4)CC3)n2)cc1OC. The quantitative estimate of drug-likeness (QED) is 0.542. The van der Waals surface area contributed by atoms with Crippen molar-refractivity contribution in [3.05, 3.63) is 41.6 Å². The van der Waals surface area contributed by atoms with Gasteiger partial charge in [-0.2, -0.15) is 9.29 Å². The van der Waals surface area contributed by atoms with Gasteiger partial charge in [-0.05, 0) is 49.4 Å². The van der Waals surface area contributed by atoms with Crippen LogP contribution in [0.4, 0.5) is 0 Å².